The van der Waals surface area contributed by atoms with Gasteiger partial charge in [0.15, 0.2) is 0 Å². The number of nitrogens with two attached hydrogens (primary N) is 1. The van der Waals surface area contributed by atoms with Gasteiger partial charge in [-0.15, -0.1) is 0 Å². The topological polar surface area (TPSA) is 90.4 Å². The molecule has 0 aliphatic carbocycles. The lowest BCUT2D eigenvalue weighted by Gasteiger charge is -2.09. The maximum absolute atomic E-state index is 10.7. The Morgan fingerprint density at radius 1 is 1.53 bits per heavy atom. The summed E-state index contributed by atoms with van der Waals surface area (Å²) in [6.45, 7) is 1.94. The number of benzene rings is 1. The van der Waals surface area contributed by atoms with E-state index in [0.717, 1.165) is 18.5 Å². The molecule has 0 unspecified atom stereocenters. The van der Waals surface area contributed by atoms with Gasteiger partial charge in [-0.25, -0.2) is 0 Å². The van der Waals surface area contributed by atoms with Gasteiger partial charge in [-0.1, -0.05) is 0 Å². The lowest BCUT2D eigenvalue weighted by molar-refractivity contribution is -0.384. The van der Waals surface area contributed by atoms with E-state index in [9.17, 15) is 10.1 Å². The van der Waals surface area contributed by atoms with E-state index >= 15 is 0 Å². The van der Waals surface area contributed by atoms with Crippen LogP contribution < -0.4 is 15.8 Å². The first-order valence-electron chi connectivity index (χ1n) is 5.41. The van der Waals surface area contributed by atoms with E-state index in [1.807, 2.05) is 0 Å². The average Bonchev–Trinajstić information content (AvgIpc) is 2.34. The summed E-state index contributed by atoms with van der Waals surface area (Å²) < 4.78 is 5.15. The van der Waals surface area contributed by atoms with Crippen LogP contribution in [0.25, 0.3) is 0 Å². The first-order valence-corrected chi connectivity index (χ1v) is 5.41. The van der Waals surface area contributed by atoms with Crippen LogP contribution in [0.3, 0.4) is 0 Å². The quantitative estimate of drug-likeness (QED) is 0.421. The van der Waals surface area contributed by atoms with Crippen molar-refractivity contribution in [3.05, 3.63) is 33.9 Å². The molecule has 17 heavy (non-hydrogen) atoms. The molecule has 0 radical (unpaired) electrons. The van der Waals surface area contributed by atoms with Crippen molar-refractivity contribution in [3.63, 3.8) is 0 Å². The molecule has 1 aromatic carbocycles. The van der Waals surface area contributed by atoms with Crippen LogP contribution in [0.2, 0.25) is 0 Å². The van der Waals surface area contributed by atoms with Gasteiger partial charge in [0.25, 0.3) is 5.69 Å². The molecule has 0 bridgehead atoms. The summed E-state index contributed by atoms with van der Waals surface area (Å²) in [4.78, 5) is 10.2. The van der Waals surface area contributed by atoms with Gasteiger partial charge < -0.3 is 15.8 Å². The maximum atomic E-state index is 10.7. The lowest BCUT2D eigenvalue weighted by atomic mass is 10.1. The Labute approximate surface area is 99.9 Å². The summed E-state index contributed by atoms with van der Waals surface area (Å²) in [5, 5.41) is 13.8. The zero-order chi connectivity index (χ0) is 12.7. The van der Waals surface area contributed by atoms with Crippen LogP contribution in [0, 0.1) is 10.1 Å². The van der Waals surface area contributed by atoms with Crippen LogP contribution >= 0.6 is 0 Å². The first-order chi connectivity index (χ1) is 8.19. The third-order valence-electron chi connectivity index (χ3n) is 2.35. The molecule has 0 spiro atoms. The Morgan fingerprint density at radius 2 is 2.29 bits per heavy atom. The van der Waals surface area contributed by atoms with Crippen molar-refractivity contribution in [1.29, 1.82) is 0 Å². The molecule has 3 N–H and O–H groups in total. The van der Waals surface area contributed by atoms with Gasteiger partial charge in [-0.2, -0.15) is 0 Å². The number of nitro benzene ring substituents is 1. The number of hydrogen-bond donors (Lipinski definition) is 2. The molecule has 0 atom stereocenters. The SMILES string of the molecule is COc1ccc([N+](=O)[O-])cc1CNCCCN. The van der Waals surface area contributed by atoms with Crippen molar-refractivity contribution in [1.82, 2.24) is 5.32 Å². The number of nitro groups is 1. The smallest absolute Gasteiger partial charge is 0.270 e. The van der Waals surface area contributed by atoms with Crippen LogP contribution in [-0.2, 0) is 6.54 Å². The Hall–Kier alpha value is -1.66. The van der Waals surface area contributed by atoms with Crippen molar-refractivity contribution in [2.75, 3.05) is 20.2 Å². The van der Waals surface area contributed by atoms with Gasteiger partial charge in [0.1, 0.15) is 5.75 Å². The summed E-state index contributed by atoms with van der Waals surface area (Å²) in [5.41, 5.74) is 6.22. The highest BCUT2D eigenvalue weighted by atomic mass is 16.6. The van der Waals surface area contributed by atoms with Crippen LogP contribution in [-0.4, -0.2) is 25.1 Å². The Kier molecular flexibility index (Phi) is 5.38. The highest BCUT2D eigenvalue weighted by Gasteiger charge is 2.10. The fourth-order valence-electron chi connectivity index (χ4n) is 1.47. The maximum Gasteiger partial charge on any atom is 0.270 e. The number of ether oxygens (including phenoxy) is 1. The van der Waals surface area contributed by atoms with Crippen molar-refractivity contribution in [3.8, 4) is 5.75 Å². The largest absolute Gasteiger partial charge is 0.496 e. The summed E-state index contributed by atoms with van der Waals surface area (Å²) >= 11 is 0. The third kappa shape index (κ3) is 4.01. The van der Waals surface area contributed by atoms with Crippen LogP contribution in [0.5, 0.6) is 5.75 Å². The van der Waals surface area contributed by atoms with E-state index in [1.165, 1.54) is 12.1 Å². The monoisotopic (exact) mass is 239 g/mol. The predicted molar refractivity (Wildman–Crippen MR) is 65.0 cm³/mol. The predicted octanol–water partition coefficient (Wildman–Crippen LogP) is 1.04. The molecule has 1 rings (SSSR count). The molecule has 0 heterocycles. The molecule has 0 aromatic heterocycles. The zero-order valence-electron chi connectivity index (χ0n) is 9.81. The van der Waals surface area contributed by atoms with Gasteiger partial charge in [0, 0.05) is 24.2 Å². The van der Waals surface area contributed by atoms with Crippen molar-refractivity contribution in [2.24, 2.45) is 5.73 Å². The van der Waals surface area contributed by atoms with Gasteiger partial charge in [-0.05, 0) is 25.6 Å². The molecule has 0 aliphatic rings. The highest BCUT2D eigenvalue weighted by Crippen LogP contribution is 2.23. The number of methoxy groups -OCH3 is 1. The van der Waals surface area contributed by atoms with E-state index < -0.39 is 4.92 Å². The summed E-state index contributed by atoms with van der Waals surface area (Å²) in [7, 11) is 1.55. The standard InChI is InChI=1S/C11H17N3O3/c1-17-11-4-3-10(14(15)16)7-9(11)8-13-6-2-5-12/h3-4,7,13H,2,5-6,8,12H2,1H3. The van der Waals surface area contributed by atoms with E-state index in [1.54, 1.807) is 13.2 Å². The summed E-state index contributed by atoms with van der Waals surface area (Å²) in [5.74, 6) is 0.649. The molecule has 0 saturated heterocycles. The fraction of sp³-hybridized carbons (Fsp3) is 0.455. The lowest BCUT2D eigenvalue weighted by Crippen LogP contribution is -2.18. The van der Waals surface area contributed by atoms with E-state index in [-0.39, 0.29) is 5.69 Å². The van der Waals surface area contributed by atoms with Gasteiger partial charge in [-0.3, -0.25) is 10.1 Å². The molecule has 94 valence electrons. The van der Waals surface area contributed by atoms with E-state index in [2.05, 4.69) is 5.32 Å². The summed E-state index contributed by atoms with van der Waals surface area (Å²) in [6, 6.07) is 4.56. The molecule has 0 aliphatic heterocycles. The van der Waals surface area contributed by atoms with Crippen LogP contribution in [0.4, 0.5) is 5.69 Å². The fourth-order valence-corrected chi connectivity index (χ4v) is 1.47. The molecule has 1 aromatic rings. The van der Waals surface area contributed by atoms with Crippen molar-refractivity contribution >= 4 is 5.69 Å². The minimum atomic E-state index is -0.414. The number of nitrogens with one attached hydrogen (secondary N) is 1. The average molecular weight is 239 g/mol. The Balaban J connectivity index is 2.72. The van der Waals surface area contributed by atoms with Gasteiger partial charge in [0.2, 0.25) is 0 Å². The third-order valence-corrected chi connectivity index (χ3v) is 2.35. The molecule has 0 fully saturated rings. The Morgan fingerprint density at radius 3 is 2.88 bits per heavy atom. The number of rotatable bonds is 7. The van der Waals surface area contributed by atoms with Crippen molar-refractivity contribution in [2.45, 2.75) is 13.0 Å². The minimum Gasteiger partial charge on any atom is -0.496 e. The van der Waals surface area contributed by atoms with E-state index in [4.69, 9.17) is 10.5 Å². The minimum absolute atomic E-state index is 0.0708. The summed E-state index contributed by atoms with van der Waals surface area (Å²) in [6.07, 6.45) is 0.872. The molecular formula is C11H17N3O3. The van der Waals surface area contributed by atoms with Crippen LogP contribution in [0.15, 0.2) is 18.2 Å². The molecular weight excluding hydrogens is 222 g/mol. The normalized spacial score (nSPS) is 10.2. The second kappa shape index (κ2) is 6.82. The van der Waals surface area contributed by atoms with E-state index in [0.29, 0.717) is 18.8 Å². The number of non-ortho nitro benzene ring substituents is 1. The zero-order valence-corrected chi connectivity index (χ0v) is 9.81. The van der Waals surface area contributed by atoms with Crippen LogP contribution in [0.1, 0.15) is 12.0 Å². The van der Waals surface area contributed by atoms with Crippen molar-refractivity contribution < 1.29 is 9.66 Å². The van der Waals surface area contributed by atoms with Gasteiger partial charge >= 0.3 is 0 Å². The second-order valence-electron chi connectivity index (χ2n) is 3.57. The molecule has 0 saturated carbocycles. The molecule has 0 amide bonds. The highest BCUT2D eigenvalue weighted by molar-refractivity contribution is 5.43. The second-order valence-corrected chi connectivity index (χ2v) is 3.57. The number of hydrogen-bond acceptors (Lipinski definition) is 5. The van der Waals surface area contributed by atoms with Gasteiger partial charge in [0.05, 0.1) is 12.0 Å². The molecule has 6 nitrogen and oxygen atoms in total. The Bertz CT molecular complexity index is 382. The first kappa shape index (κ1) is 13.4. The number of nitrogens with zero attached hydrogens (tertiary/aromatic N) is 1. The molecule has 6 heteroatoms.